The normalized spacial score (nSPS) is 10.1. The lowest BCUT2D eigenvalue weighted by Gasteiger charge is -2.08. The summed E-state index contributed by atoms with van der Waals surface area (Å²) >= 11 is 0. The molecule has 0 bridgehead atoms. The Kier molecular flexibility index (Phi) is 6.11. The molecule has 0 saturated carbocycles. The van der Waals surface area contributed by atoms with Gasteiger partial charge in [-0.2, -0.15) is 0 Å². The standard InChI is InChI=1S/C18H20N4O3/c19-18(20)22-15-6-2-5-14(11-15)17(25)21-8-7-12-3-1-4-13(9-12)10-16(23)24/h1-6,9,11H,7-8,10H2,(H,21,25)(H,23,24)(H4,19,20,22). The maximum atomic E-state index is 12.2. The third kappa shape index (κ3) is 5.98. The van der Waals surface area contributed by atoms with Crippen LogP contribution in [0.25, 0.3) is 0 Å². The van der Waals surface area contributed by atoms with Crippen LogP contribution in [-0.2, 0) is 17.6 Å². The second kappa shape index (κ2) is 8.49. The zero-order valence-electron chi connectivity index (χ0n) is 13.6. The van der Waals surface area contributed by atoms with Gasteiger partial charge in [0.2, 0.25) is 0 Å². The van der Waals surface area contributed by atoms with Gasteiger partial charge in [-0.3, -0.25) is 15.0 Å². The predicted octanol–water partition coefficient (Wildman–Crippen LogP) is 1.59. The molecule has 7 nitrogen and oxygen atoms in total. The lowest BCUT2D eigenvalue weighted by Crippen LogP contribution is -2.26. The number of anilines is 1. The van der Waals surface area contributed by atoms with Gasteiger partial charge < -0.3 is 21.5 Å². The zero-order chi connectivity index (χ0) is 18.2. The minimum Gasteiger partial charge on any atom is -0.481 e. The molecule has 7 heteroatoms. The van der Waals surface area contributed by atoms with E-state index in [0.29, 0.717) is 24.2 Å². The molecule has 0 radical (unpaired) electrons. The Bertz CT molecular complexity index is 789. The van der Waals surface area contributed by atoms with Gasteiger partial charge in [0.15, 0.2) is 5.96 Å². The van der Waals surface area contributed by atoms with Crippen LogP contribution in [0.2, 0.25) is 0 Å². The fraction of sp³-hybridized carbons (Fsp3) is 0.167. The Hall–Kier alpha value is -3.35. The van der Waals surface area contributed by atoms with E-state index in [1.165, 1.54) is 0 Å². The number of benzene rings is 2. The fourth-order valence-corrected chi connectivity index (χ4v) is 2.39. The molecular weight excluding hydrogens is 320 g/mol. The summed E-state index contributed by atoms with van der Waals surface area (Å²) < 4.78 is 0. The van der Waals surface area contributed by atoms with Crippen LogP contribution in [0.3, 0.4) is 0 Å². The molecule has 0 spiro atoms. The van der Waals surface area contributed by atoms with Gasteiger partial charge in [-0.05, 0) is 35.7 Å². The van der Waals surface area contributed by atoms with E-state index in [4.69, 9.17) is 16.2 Å². The second-order valence-corrected chi connectivity index (χ2v) is 5.52. The Morgan fingerprint density at radius 2 is 1.80 bits per heavy atom. The highest BCUT2D eigenvalue weighted by molar-refractivity contribution is 5.96. The van der Waals surface area contributed by atoms with Crippen LogP contribution in [0.1, 0.15) is 21.5 Å². The third-order valence-electron chi connectivity index (χ3n) is 3.45. The van der Waals surface area contributed by atoms with Crippen molar-refractivity contribution in [3.63, 3.8) is 0 Å². The number of nitrogens with one attached hydrogen (secondary N) is 3. The van der Waals surface area contributed by atoms with Crippen LogP contribution < -0.4 is 16.4 Å². The number of carboxylic acids is 1. The van der Waals surface area contributed by atoms with E-state index >= 15 is 0 Å². The summed E-state index contributed by atoms with van der Waals surface area (Å²) in [7, 11) is 0. The van der Waals surface area contributed by atoms with Crippen molar-refractivity contribution in [3.05, 3.63) is 65.2 Å². The predicted molar refractivity (Wildman–Crippen MR) is 95.8 cm³/mol. The average molecular weight is 340 g/mol. The maximum Gasteiger partial charge on any atom is 0.307 e. The first kappa shape index (κ1) is 18.0. The van der Waals surface area contributed by atoms with Crippen LogP contribution in [0.5, 0.6) is 0 Å². The van der Waals surface area contributed by atoms with Crippen molar-refractivity contribution in [2.24, 2.45) is 5.73 Å². The minimum atomic E-state index is -0.871. The van der Waals surface area contributed by atoms with Crippen LogP contribution in [0.15, 0.2) is 48.5 Å². The second-order valence-electron chi connectivity index (χ2n) is 5.52. The Morgan fingerprint density at radius 1 is 1.08 bits per heavy atom. The highest BCUT2D eigenvalue weighted by atomic mass is 16.4. The Balaban J connectivity index is 1.90. The lowest BCUT2D eigenvalue weighted by molar-refractivity contribution is -0.136. The largest absolute Gasteiger partial charge is 0.481 e. The van der Waals surface area contributed by atoms with E-state index in [1.54, 1.807) is 30.3 Å². The van der Waals surface area contributed by atoms with Crippen molar-refractivity contribution in [1.29, 1.82) is 5.41 Å². The number of amides is 1. The summed E-state index contributed by atoms with van der Waals surface area (Å²) in [5, 5.41) is 21.5. The maximum absolute atomic E-state index is 12.2. The molecule has 25 heavy (non-hydrogen) atoms. The van der Waals surface area contributed by atoms with Gasteiger partial charge in [-0.15, -0.1) is 0 Å². The Morgan fingerprint density at radius 3 is 2.52 bits per heavy atom. The first-order valence-corrected chi connectivity index (χ1v) is 7.73. The Labute approximate surface area is 145 Å². The van der Waals surface area contributed by atoms with E-state index < -0.39 is 5.97 Å². The SMILES string of the molecule is N=C(N)Nc1cccc(C(=O)NCCc2cccc(CC(=O)O)c2)c1. The van der Waals surface area contributed by atoms with Gasteiger partial charge in [0, 0.05) is 17.8 Å². The molecule has 0 aromatic heterocycles. The van der Waals surface area contributed by atoms with Crippen LogP contribution >= 0.6 is 0 Å². The van der Waals surface area contributed by atoms with Crippen molar-refractivity contribution < 1.29 is 14.7 Å². The number of rotatable bonds is 7. The number of hydrogen-bond acceptors (Lipinski definition) is 3. The first-order valence-electron chi connectivity index (χ1n) is 7.73. The van der Waals surface area contributed by atoms with E-state index in [-0.39, 0.29) is 18.3 Å². The molecule has 0 aliphatic heterocycles. The molecule has 0 aliphatic rings. The lowest BCUT2D eigenvalue weighted by atomic mass is 10.1. The van der Waals surface area contributed by atoms with Crippen molar-refractivity contribution in [1.82, 2.24) is 5.32 Å². The van der Waals surface area contributed by atoms with Crippen LogP contribution in [0.4, 0.5) is 5.69 Å². The quantitative estimate of drug-likeness (QED) is 0.386. The molecule has 0 heterocycles. The molecule has 130 valence electrons. The molecular formula is C18H20N4O3. The number of carbonyl (C=O) groups is 2. The van der Waals surface area contributed by atoms with E-state index in [2.05, 4.69) is 10.6 Å². The summed E-state index contributed by atoms with van der Waals surface area (Å²) in [6.45, 7) is 0.430. The molecule has 0 saturated heterocycles. The van der Waals surface area contributed by atoms with Crippen molar-refractivity contribution in [2.75, 3.05) is 11.9 Å². The number of hydrogen-bond donors (Lipinski definition) is 5. The average Bonchev–Trinajstić information content (AvgIpc) is 2.54. The van der Waals surface area contributed by atoms with Gasteiger partial charge in [0.25, 0.3) is 5.91 Å². The summed E-state index contributed by atoms with van der Waals surface area (Å²) in [4.78, 5) is 22.9. The molecule has 2 aromatic carbocycles. The minimum absolute atomic E-state index is 0.0177. The number of carboxylic acid groups (broad SMARTS) is 1. The van der Waals surface area contributed by atoms with Gasteiger partial charge in [0.05, 0.1) is 6.42 Å². The van der Waals surface area contributed by atoms with Gasteiger partial charge in [-0.1, -0.05) is 30.3 Å². The molecule has 0 atom stereocenters. The highest BCUT2D eigenvalue weighted by Gasteiger charge is 2.07. The van der Waals surface area contributed by atoms with Crippen molar-refractivity contribution in [3.8, 4) is 0 Å². The first-order chi connectivity index (χ1) is 11.9. The smallest absolute Gasteiger partial charge is 0.307 e. The van der Waals surface area contributed by atoms with Crippen molar-refractivity contribution >= 4 is 23.5 Å². The summed E-state index contributed by atoms with van der Waals surface area (Å²) in [5.74, 6) is -1.29. The fourth-order valence-electron chi connectivity index (χ4n) is 2.39. The number of guanidine groups is 1. The summed E-state index contributed by atoms with van der Waals surface area (Å²) in [5.41, 5.74) is 8.01. The molecule has 1 amide bonds. The highest BCUT2D eigenvalue weighted by Crippen LogP contribution is 2.10. The van der Waals surface area contributed by atoms with Gasteiger partial charge in [-0.25, -0.2) is 0 Å². The van der Waals surface area contributed by atoms with E-state index in [0.717, 1.165) is 11.1 Å². The van der Waals surface area contributed by atoms with E-state index in [9.17, 15) is 9.59 Å². The number of carbonyl (C=O) groups excluding carboxylic acids is 1. The number of aliphatic carboxylic acids is 1. The monoisotopic (exact) mass is 340 g/mol. The van der Waals surface area contributed by atoms with E-state index in [1.807, 2.05) is 18.2 Å². The topological polar surface area (TPSA) is 128 Å². The molecule has 2 aromatic rings. The summed E-state index contributed by atoms with van der Waals surface area (Å²) in [6.07, 6.45) is 0.584. The molecule has 0 unspecified atom stereocenters. The molecule has 0 fully saturated rings. The van der Waals surface area contributed by atoms with Crippen LogP contribution in [0, 0.1) is 5.41 Å². The molecule has 6 N–H and O–H groups in total. The summed E-state index contributed by atoms with van der Waals surface area (Å²) in [6, 6.07) is 14.0. The van der Waals surface area contributed by atoms with Crippen molar-refractivity contribution in [2.45, 2.75) is 12.8 Å². The van der Waals surface area contributed by atoms with Crippen LogP contribution in [-0.4, -0.2) is 29.5 Å². The molecule has 2 rings (SSSR count). The van der Waals surface area contributed by atoms with Gasteiger partial charge >= 0.3 is 5.97 Å². The zero-order valence-corrected chi connectivity index (χ0v) is 13.6. The number of nitrogens with two attached hydrogens (primary N) is 1. The molecule has 0 aliphatic carbocycles. The third-order valence-corrected chi connectivity index (χ3v) is 3.45. The van der Waals surface area contributed by atoms with Gasteiger partial charge in [0.1, 0.15) is 0 Å².